The average molecular weight is 536 g/mol. The van der Waals surface area contributed by atoms with Gasteiger partial charge in [0.1, 0.15) is 23.9 Å². The van der Waals surface area contributed by atoms with Gasteiger partial charge in [-0.1, -0.05) is 66.7 Å². The summed E-state index contributed by atoms with van der Waals surface area (Å²) in [5.41, 5.74) is 6.32. The Bertz CT molecular complexity index is 1520. The van der Waals surface area contributed by atoms with Crippen LogP contribution in [0.25, 0.3) is 11.1 Å². The lowest BCUT2D eigenvalue weighted by molar-refractivity contribution is -0.137. The van der Waals surface area contributed by atoms with E-state index in [-0.39, 0.29) is 18.9 Å². The number of unbranched alkanes of at least 4 members (excludes halogenated alkanes) is 1. The highest BCUT2D eigenvalue weighted by atomic mass is 16.5. The van der Waals surface area contributed by atoms with E-state index < -0.39 is 18.1 Å². The van der Waals surface area contributed by atoms with Crippen LogP contribution in [0.15, 0.2) is 91.0 Å². The molecule has 0 saturated heterocycles. The van der Waals surface area contributed by atoms with Crippen LogP contribution in [0.4, 0.5) is 4.79 Å². The molecule has 0 spiro atoms. The first-order valence-electron chi connectivity index (χ1n) is 13.5. The first-order valence-corrected chi connectivity index (χ1v) is 13.5. The second-order valence-electron chi connectivity index (χ2n) is 9.94. The summed E-state index contributed by atoms with van der Waals surface area (Å²) in [5, 5.41) is 11.9. The molecule has 0 radical (unpaired) electrons. The zero-order valence-corrected chi connectivity index (χ0v) is 21.8. The lowest BCUT2D eigenvalue weighted by Crippen LogP contribution is -2.32. The number of para-hydroxylation sites is 1. The van der Waals surface area contributed by atoms with Gasteiger partial charge in [0.15, 0.2) is 0 Å². The van der Waals surface area contributed by atoms with E-state index in [1.165, 1.54) is 11.1 Å². The molecule has 0 unspecified atom stereocenters. The number of benzene rings is 4. The predicted octanol–water partition coefficient (Wildman–Crippen LogP) is 7.05. The van der Waals surface area contributed by atoms with Crippen LogP contribution in [-0.4, -0.2) is 30.4 Å². The maximum atomic E-state index is 13.2. The average Bonchev–Trinajstić information content (AvgIpc) is 3.29. The predicted molar refractivity (Wildman–Crippen MR) is 150 cm³/mol. The molecule has 1 aliphatic heterocycles. The van der Waals surface area contributed by atoms with Crippen LogP contribution >= 0.6 is 0 Å². The fourth-order valence-corrected chi connectivity index (χ4v) is 5.51. The fraction of sp³-hybridized carbons (Fsp3) is 0.212. The quantitative estimate of drug-likeness (QED) is 0.223. The van der Waals surface area contributed by atoms with Crippen molar-refractivity contribution in [2.45, 2.75) is 31.2 Å². The largest absolute Gasteiger partial charge is 0.493 e. The van der Waals surface area contributed by atoms with Crippen molar-refractivity contribution in [2.24, 2.45) is 0 Å². The lowest BCUT2D eigenvalue weighted by atomic mass is 9.94. The summed E-state index contributed by atoms with van der Waals surface area (Å²) in [4.78, 5) is 23.9. The van der Waals surface area contributed by atoms with Gasteiger partial charge >= 0.3 is 12.1 Å². The van der Waals surface area contributed by atoms with Crippen molar-refractivity contribution in [1.82, 2.24) is 5.32 Å². The summed E-state index contributed by atoms with van der Waals surface area (Å²) >= 11 is 0. The van der Waals surface area contributed by atoms with Gasteiger partial charge in [0.2, 0.25) is 0 Å². The minimum atomic E-state index is -0.809. The van der Waals surface area contributed by atoms with Gasteiger partial charge in [-0.15, -0.1) is 0 Å². The number of hydrogen-bond donors (Lipinski definition) is 2. The molecule has 2 aliphatic rings. The zero-order chi connectivity index (χ0) is 27.5. The van der Waals surface area contributed by atoms with E-state index >= 15 is 0 Å². The molecule has 6 rings (SSSR count). The van der Waals surface area contributed by atoms with E-state index in [1.807, 2.05) is 60.7 Å². The molecule has 4 aromatic rings. The van der Waals surface area contributed by atoms with Gasteiger partial charge in [0.05, 0.1) is 12.6 Å². The summed E-state index contributed by atoms with van der Waals surface area (Å²) < 4.78 is 17.8. The standard InChI is InChI=1S/C33H29NO6/c35-31(36)15-7-8-18-38-21-16-17-27-30(19-21)40-29-14-6-5-13-26(29)32(27)34-33(37)39-20-28-24-11-3-1-9-22(24)23-10-2-4-12-25(23)28/h1-6,9-14,16-17,19,28,32H,7-8,15,18,20H2,(H,34,37)(H,35,36)/t32-/m0/s1. The van der Waals surface area contributed by atoms with Crippen LogP contribution in [-0.2, 0) is 9.53 Å². The molecule has 4 aromatic carbocycles. The monoisotopic (exact) mass is 535 g/mol. The third kappa shape index (κ3) is 5.10. The van der Waals surface area contributed by atoms with E-state index in [9.17, 15) is 9.59 Å². The Hall–Kier alpha value is -4.78. The number of ether oxygens (including phenoxy) is 3. The summed E-state index contributed by atoms with van der Waals surface area (Å²) in [6, 6.07) is 29.1. The molecule has 1 atom stereocenters. The Morgan fingerprint density at radius 3 is 2.15 bits per heavy atom. The van der Waals surface area contributed by atoms with Crippen LogP contribution in [0.3, 0.4) is 0 Å². The molecule has 0 saturated carbocycles. The molecule has 2 N–H and O–H groups in total. The molecule has 40 heavy (non-hydrogen) atoms. The van der Waals surface area contributed by atoms with Gasteiger partial charge in [-0.25, -0.2) is 4.79 Å². The van der Waals surface area contributed by atoms with Crippen molar-refractivity contribution in [3.8, 4) is 28.4 Å². The number of carboxylic acids is 1. The molecule has 1 aliphatic carbocycles. The molecule has 0 aromatic heterocycles. The maximum absolute atomic E-state index is 13.2. The van der Waals surface area contributed by atoms with E-state index in [0.29, 0.717) is 36.7 Å². The third-order valence-electron chi connectivity index (χ3n) is 7.41. The minimum absolute atomic E-state index is 0.0254. The van der Waals surface area contributed by atoms with Crippen LogP contribution in [0, 0.1) is 0 Å². The lowest BCUT2D eigenvalue weighted by Gasteiger charge is -2.29. The van der Waals surface area contributed by atoms with E-state index in [0.717, 1.165) is 22.3 Å². The minimum Gasteiger partial charge on any atom is -0.493 e. The molecule has 0 bridgehead atoms. The summed E-state index contributed by atoms with van der Waals surface area (Å²) in [6.45, 7) is 0.635. The highest BCUT2D eigenvalue weighted by Gasteiger charge is 2.32. The number of carboxylic acid groups (broad SMARTS) is 1. The maximum Gasteiger partial charge on any atom is 0.407 e. The molecule has 1 amide bonds. The van der Waals surface area contributed by atoms with Crippen LogP contribution in [0.1, 0.15) is 53.5 Å². The van der Waals surface area contributed by atoms with Gasteiger partial charge in [-0.3, -0.25) is 4.79 Å². The van der Waals surface area contributed by atoms with Crippen molar-refractivity contribution in [2.75, 3.05) is 13.2 Å². The van der Waals surface area contributed by atoms with Gasteiger partial charge < -0.3 is 24.6 Å². The fourth-order valence-electron chi connectivity index (χ4n) is 5.51. The van der Waals surface area contributed by atoms with Crippen LogP contribution in [0.5, 0.6) is 17.2 Å². The van der Waals surface area contributed by atoms with Crippen molar-refractivity contribution >= 4 is 12.1 Å². The Labute approximate surface area is 232 Å². The molecular formula is C33H29NO6. The van der Waals surface area contributed by atoms with E-state index in [2.05, 4.69) is 29.6 Å². The topological polar surface area (TPSA) is 94.1 Å². The molecule has 0 fully saturated rings. The Kier molecular flexibility index (Phi) is 7.10. The van der Waals surface area contributed by atoms with Crippen LogP contribution < -0.4 is 14.8 Å². The third-order valence-corrected chi connectivity index (χ3v) is 7.41. The van der Waals surface area contributed by atoms with Gasteiger partial charge in [-0.05, 0) is 53.3 Å². The highest BCUT2D eigenvalue weighted by molar-refractivity contribution is 5.79. The highest BCUT2D eigenvalue weighted by Crippen LogP contribution is 2.46. The number of aliphatic carboxylic acids is 1. The Morgan fingerprint density at radius 1 is 0.775 bits per heavy atom. The molecule has 7 nitrogen and oxygen atoms in total. The number of carbonyl (C=O) groups is 2. The number of hydrogen-bond acceptors (Lipinski definition) is 5. The number of alkyl carbamates (subject to hydrolysis) is 1. The van der Waals surface area contributed by atoms with Crippen molar-refractivity contribution in [3.63, 3.8) is 0 Å². The molecule has 1 heterocycles. The van der Waals surface area contributed by atoms with Gasteiger partial charge in [0, 0.05) is 29.5 Å². The number of amides is 1. The van der Waals surface area contributed by atoms with Gasteiger partial charge in [0.25, 0.3) is 0 Å². The summed E-state index contributed by atoms with van der Waals surface area (Å²) in [7, 11) is 0. The number of rotatable bonds is 9. The van der Waals surface area contributed by atoms with Gasteiger partial charge in [-0.2, -0.15) is 0 Å². The van der Waals surface area contributed by atoms with E-state index in [4.69, 9.17) is 19.3 Å². The SMILES string of the molecule is O=C(O)CCCCOc1ccc2c(c1)Oc1ccccc1[C@@H]2NC(=O)OCC1c2ccccc2-c2ccccc21. The zero-order valence-electron chi connectivity index (χ0n) is 21.8. The molecular weight excluding hydrogens is 506 g/mol. The van der Waals surface area contributed by atoms with Crippen molar-refractivity contribution in [1.29, 1.82) is 0 Å². The second kappa shape index (κ2) is 11.1. The number of fused-ring (bicyclic) bond motifs is 5. The van der Waals surface area contributed by atoms with Crippen molar-refractivity contribution in [3.05, 3.63) is 113 Å². The Balaban J connectivity index is 1.16. The van der Waals surface area contributed by atoms with Crippen LogP contribution in [0.2, 0.25) is 0 Å². The number of nitrogens with one attached hydrogen (secondary N) is 1. The first kappa shape index (κ1) is 25.5. The summed E-state index contributed by atoms with van der Waals surface area (Å²) in [6.07, 6.45) is 0.805. The Morgan fingerprint density at radius 2 is 1.43 bits per heavy atom. The summed E-state index contributed by atoms with van der Waals surface area (Å²) in [5.74, 6) is 1.02. The normalized spacial score (nSPS) is 14.7. The number of carbonyl (C=O) groups excluding carboxylic acids is 1. The smallest absolute Gasteiger partial charge is 0.407 e. The van der Waals surface area contributed by atoms with E-state index in [1.54, 1.807) is 6.07 Å². The molecule has 7 heteroatoms. The molecule has 202 valence electrons. The second-order valence-corrected chi connectivity index (χ2v) is 9.94. The first-order chi connectivity index (χ1) is 19.6. The van der Waals surface area contributed by atoms with Crippen molar-refractivity contribution < 1.29 is 28.9 Å².